The minimum atomic E-state index is -0.356. The summed E-state index contributed by atoms with van der Waals surface area (Å²) in [5.74, 6) is 0. The van der Waals surface area contributed by atoms with Gasteiger partial charge in [0.15, 0.2) is 5.65 Å². The molecule has 2 aromatic heterocycles. The first-order chi connectivity index (χ1) is 6.81. The highest BCUT2D eigenvalue weighted by atomic mass is 16.3. The van der Waals surface area contributed by atoms with Gasteiger partial charge in [0, 0.05) is 18.8 Å². The van der Waals surface area contributed by atoms with E-state index in [4.69, 9.17) is 0 Å². The first kappa shape index (κ1) is 9.08. The summed E-state index contributed by atoms with van der Waals surface area (Å²) in [6.45, 7) is 1.94. The van der Waals surface area contributed by atoms with E-state index in [2.05, 4.69) is 15.2 Å². The Hall–Kier alpha value is -1.49. The number of aromatic nitrogens is 4. The SMILES string of the molecule is CCC(O)Cc1nccn2cnnc12. The van der Waals surface area contributed by atoms with Crippen LogP contribution in [0.4, 0.5) is 0 Å². The van der Waals surface area contributed by atoms with Gasteiger partial charge in [0.1, 0.15) is 6.33 Å². The summed E-state index contributed by atoms with van der Waals surface area (Å²) < 4.78 is 1.80. The molecule has 2 aromatic rings. The molecular formula is C9H12N4O. The lowest BCUT2D eigenvalue weighted by atomic mass is 10.1. The lowest BCUT2D eigenvalue weighted by Crippen LogP contribution is -2.11. The van der Waals surface area contributed by atoms with Crippen LogP contribution in [0, 0.1) is 0 Å². The molecule has 0 saturated carbocycles. The average molecular weight is 192 g/mol. The fraction of sp³-hybridized carbons (Fsp3) is 0.444. The number of hydrogen-bond donors (Lipinski definition) is 1. The molecule has 0 fully saturated rings. The molecule has 0 bridgehead atoms. The highest BCUT2D eigenvalue weighted by molar-refractivity contribution is 5.41. The van der Waals surface area contributed by atoms with E-state index in [1.165, 1.54) is 0 Å². The third-order valence-electron chi connectivity index (χ3n) is 2.19. The smallest absolute Gasteiger partial charge is 0.182 e. The standard InChI is InChI=1S/C9H12N4O/c1-2-7(14)5-8-9-12-11-6-13(9)4-3-10-8/h3-4,6-7,14H,2,5H2,1H3. The van der Waals surface area contributed by atoms with Crippen molar-refractivity contribution >= 4 is 5.65 Å². The predicted molar refractivity (Wildman–Crippen MR) is 50.8 cm³/mol. The highest BCUT2D eigenvalue weighted by Gasteiger charge is 2.09. The summed E-state index contributed by atoms with van der Waals surface area (Å²) in [5.41, 5.74) is 1.51. The van der Waals surface area contributed by atoms with Gasteiger partial charge in [-0.3, -0.25) is 9.38 Å². The number of rotatable bonds is 3. The summed E-state index contributed by atoms with van der Waals surface area (Å²) in [7, 11) is 0. The quantitative estimate of drug-likeness (QED) is 0.766. The molecule has 0 aliphatic heterocycles. The van der Waals surface area contributed by atoms with Gasteiger partial charge in [-0.2, -0.15) is 0 Å². The number of aliphatic hydroxyl groups is 1. The Morgan fingerprint density at radius 1 is 1.57 bits per heavy atom. The number of hydrogen-bond acceptors (Lipinski definition) is 4. The molecule has 2 heterocycles. The zero-order chi connectivity index (χ0) is 9.97. The maximum atomic E-state index is 9.51. The largest absolute Gasteiger partial charge is 0.393 e. The van der Waals surface area contributed by atoms with Crippen molar-refractivity contribution in [1.82, 2.24) is 19.6 Å². The molecule has 74 valence electrons. The maximum absolute atomic E-state index is 9.51. The van der Waals surface area contributed by atoms with Gasteiger partial charge in [0.25, 0.3) is 0 Å². The van der Waals surface area contributed by atoms with Crippen LogP contribution in [0.25, 0.3) is 5.65 Å². The van der Waals surface area contributed by atoms with Crippen LogP contribution >= 0.6 is 0 Å². The van der Waals surface area contributed by atoms with Crippen molar-refractivity contribution in [1.29, 1.82) is 0 Å². The molecule has 5 heteroatoms. The molecule has 0 spiro atoms. The zero-order valence-electron chi connectivity index (χ0n) is 7.96. The van der Waals surface area contributed by atoms with Gasteiger partial charge >= 0.3 is 0 Å². The first-order valence-corrected chi connectivity index (χ1v) is 4.62. The van der Waals surface area contributed by atoms with E-state index >= 15 is 0 Å². The van der Waals surface area contributed by atoms with Crippen LogP contribution in [0.1, 0.15) is 19.0 Å². The van der Waals surface area contributed by atoms with E-state index in [-0.39, 0.29) is 6.10 Å². The van der Waals surface area contributed by atoms with Crippen LogP contribution < -0.4 is 0 Å². The van der Waals surface area contributed by atoms with E-state index in [0.717, 1.165) is 17.8 Å². The van der Waals surface area contributed by atoms with E-state index in [1.54, 1.807) is 23.1 Å². The maximum Gasteiger partial charge on any atom is 0.182 e. The van der Waals surface area contributed by atoms with Crippen LogP contribution in [0.2, 0.25) is 0 Å². The second-order valence-electron chi connectivity index (χ2n) is 3.20. The summed E-state index contributed by atoms with van der Waals surface area (Å²) in [6.07, 6.45) is 5.99. The Kier molecular flexibility index (Phi) is 2.41. The van der Waals surface area contributed by atoms with Crippen LogP contribution in [0.3, 0.4) is 0 Å². The summed E-state index contributed by atoms with van der Waals surface area (Å²) in [6, 6.07) is 0. The van der Waals surface area contributed by atoms with Crippen molar-refractivity contribution < 1.29 is 5.11 Å². The van der Waals surface area contributed by atoms with Crippen LogP contribution in [0.15, 0.2) is 18.7 Å². The van der Waals surface area contributed by atoms with Gasteiger partial charge in [0.05, 0.1) is 11.8 Å². The fourth-order valence-electron chi connectivity index (χ4n) is 1.32. The summed E-state index contributed by atoms with van der Waals surface area (Å²) in [4.78, 5) is 4.18. The van der Waals surface area contributed by atoms with Gasteiger partial charge in [-0.25, -0.2) is 0 Å². The van der Waals surface area contributed by atoms with Gasteiger partial charge in [0.2, 0.25) is 0 Å². The zero-order valence-corrected chi connectivity index (χ0v) is 7.96. The Bertz CT molecular complexity index is 425. The molecular weight excluding hydrogens is 180 g/mol. The van der Waals surface area contributed by atoms with Crippen molar-refractivity contribution in [3.8, 4) is 0 Å². The van der Waals surface area contributed by atoms with E-state index in [0.29, 0.717) is 6.42 Å². The molecule has 0 amide bonds. The number of fused-ring (bicyclic) bond motifs is 1. The molecule has 5 nitrogen and oxygen atoms in total. The molecule has 0 aliphatic rings. The van der Waals surface area contributed by atoms with Crippen molar-refractivity contribution in [3.05, 3.63) is 24.4 Å². The van der Waals surface area contributed by atoms with Crippen molar-refractivity contribution in [2.24, 2.45) is 0 Å². The Morgan fingerprint density at radius 2 is 2.43 bits per heavy atom. The predicted octanol–water partition coefficient (Wildman–Crippen LogP) is 0.438. The lowest BCUT2D eigenvalue weighted by molar-refractivity contribution is 0.170. The normalized spacial score (nSPS) is 13.3. The molecule has 0 radical (unpaired) electrons. The third-order valence-corrected chi connectivity index (χ3v) is 2.19. The molecule has 2 rings (SSSR count). The molecule has 0 saturated heterocycles. The van der Waals surface area contributed by atoms with Crippen LogP contribution in [-0.2, 0) is 6.42 Å². The van der Waals surface area contributed by atoms with Crippen molar-refractivity contribution in [2.75, 3.05) is 0 Å². The van der Waals surface area contributed by atoms with Gasteiger partial charge in [-0.1, -0.05) is 6.92 Å². The van der Waals surface area contributed by atoms with Crippen molar-refractivity contribution in [3.63, 3.8) is 0 Å². The Labute approximate surface area is 81.4 Å². The van der Waals surface area contributed by atoms with E-state index in [9.17, 15) is 5.11 Å². The topological polar surface area (TPSA) is 63.3 Å². The Balaban J connectivity index is 2.36. The molecule has 1 atom stereocenters. The summed E-state index contributed by atoms with van der Waals surface area (Å²) in [5, 5.41) is 17.2. The van der Waals surface area contributed by atoms with Gasteiger partial charge in [-0.15, -0.1) is 10.2 Å². The van der Waals surface area contributed by atoms with E-state index in [1.807, 2.05) is 6.92 Å². The third kappa shape index (κ3) is 1.58. The van der Waals surface area contributed by atoms with Crippen molar-refractivity contribution in [2.45, 2.75) is 25.9 Å². The van der Waals surface area contributed by atoms with Gasteiger partial charge < -0.3 is 5.11 Å². The first-order valence-electron chi connectivity index (χ1n) is 4.62. The highest BCUT2D eigenvalue weighted by Crippen LogP contribution is 2.07. The molecule has 0 aliphatic carbocycles. The fourth-order valence-corrected chi connectivity index (χ4v) is 1.32. The molecule has 14 heavy (non-hydrogen) atoms. The minimum Gasteiger partial charge on any atom is -0.393 e. The minimum absolute atomic E-state index is 0.356. The van der Waals surface area contributed by atoms with E-state index < -0.39 is 0 Å². The average Bonchev–Trinajstić information content (AvgIpc) is 2.66. The number of nitrogens with zero attached hydrogens (tertiary/aromatic N) is 4. The summed E-state index contributed by atoms with van der Waals surface area (Å²) >= 11 is 0. The van der Waals surface area contributed by atoms with Gasteiger partial charge in [-0.05, 0) is 6.42 Å². The second kappa shape index (κ2) is 3.71. The second-order valence-corrected chi connectivity index (χ2v) is 3.20. The number of aliphatic hydroxyl groups excluding tert-OH is 1. The molecule has 1 N–H and O–H groups in total. The van der Waals surface area contributed by atoms with Crippen LogP contribution in [0.5, 0.6) is 0 Å². The molecule has 0 aromatic carbocycles. The monoisotopic (exact) mass is 192 g/mol. The van der Waals surface area contributed by atoms with Crippen LogP contribution in [-0.4, -0.2) is 30.8 Å². The lowest BCUT2D eigenvalue weighted by Gasteiger charge is -2.06. The Morgan fingerprint density at radius 3 is 3.21 bits per heavy atom. The molecule has 1 unspecified atom stereocenters.